The number of aliphatic hydroxyl groups excluding tert-OH is 1. The molecular formula is C32H33N3O4S. The molecule has 8 heteroatoms. The van der Waals surface area contributed by atoms with Crippen molar-refractivity contribution in [3.8, 4) is 27.8 Å². The molecule has 1 aliphatic carbocycles. The molecule has 4 N–H and O–H groups in total. The molecule has 0 saturated heterocycles. The van der Waals surface area contributed by atoms with Gasteiger partial charge in [0.05, 0.1) is 5.56 Å². The van der Waals surface area contributed by atoms with Gasteiger partial charge in [-0.05, 0) is 73.5 Å². The number of hydrogen-bond acceptors (Lipinski definition) is 7. The Hall–Kier alpha value is -3.98. The van der Waals surface area contributed by atoms with Crippen molar-refractivity contribution in [2.75, 3.05) is 13.2 Å². The van der Waals surface area contributed by atoms with Gasteiger partial charge in [-0.3, -0.25) is 4.79 Å². The van der Waals surface area contributed by atoms with Crippen LogP contribution in [0.5, 0.6) is 17.4 Å². The molecule has 1 aliphatic rings. The number of pyridine rings is 1. The number of rotatable bonds is 12. The third-order valence-electron chi connectivity index (χ3n) is 6.82. The topological polar surface area (TPSA) is 107 Å². The molecule has 40 heavy (non-hydrogen) atoms. The highest BCUT2D eigenvalue weighted by atomic mass is 32.1. The second kappa shape index (κ2) is 12.0. The molecule has 0 aliphatic heterocycles. The van der Waals surface area contributed by atoms with Crippen LogP contribution in [-0.4, -0.2) is 40.8 Å². The summed E-state index contributed by atoms with van der Waals surface area (Å²) in [6.45, 7) is 4.88. The highest BCUT2D eigenvalue weighted by molar-refractivity contribution is 7.13. The molecule has 2 aromatic carbocycles. The van der Waals surface area contributed by atoms with Gasteiger partial charge in [-0.1, -0.05) is 36.4 Å². The highest BCUT2D eigenvalue weighted by Crippen LogP contribution is 2.39. The van der Waals surface area contributed by atoms with E-state index in [1.807, 2.05) is 47.8 Å². The van der Waals surface area contributed by atoms with Crippen LogP contribution in [0.2, 0.25) is 0 Å². The Labute approximate surface area is 238 Å². The summed E-state index contributed by atoms with van der Waals surface area (Å²) >= 11 is 1.66. The summed E-state index contributed by atoms with van der Waals surface area (Å²) in [5.74, 6) is 1.39. The second-order valence-corrected chi connectivity index (χ2v) is 11.4. The van der Waals surface area contributed by atoms with Crippen molar-refractivity contribution in [3.05, 3.63) is 101 Å². The quantitative estimate of drug-likeness (QED) is 0.203. The highest BCUT2D eigenvalue weighted by Gasteiger charge is 2.26. The predicted molar refractivity (Wildman–Crippen MR) is 159 cm³/mol. The maximum absolute atomic E-state index is 11.3. The minimum absolute atomic E-state index is 0.201. The fourth-order valence-corrected chi connectivity index (χ4v) is 5.54. The number of benzene rings is 2. The summed E-state index contributed by atoms with van der Waals surface area (Å²) < 4.78 is 12.1. The molecule has 0 bridgehead atoms. The molecule has 0 spiro atoms. The van der Waals surface area contributed by atoms with Crippen LogP contribution >= 0.6 is 11.3 Å². The van der Waals surface area contributed by atoms with Gasteiger partial charge in [0.25, 0.3) is 0 Å². The number of fused-ring (bicyclic) bond motifs is 1. The molecule has 0 radical (unpaired) electrons. The lowest BCUT2D eigenvalue weighted by Gasteiger charge is -2.29. The predicted octanol–water partition coefficient (Wildman–Crippen LogP) is 5.84. The molecule has 206 valence electrons. The van der Waals surface area contributed by atoms with Crippen molar-refractivity contribution in [1.29, 1.82) is 0 Å². The van der Waals surface area contributed by atoms with Crippen molar-refractivity contribution in [2.24, 2.45) is 5.73 Å². The monoisotopic (exact) mass is 555 g/mol. The lowest BCUT2D eigenvalue weighted by atomic mass is 9.91. The number of thiophene rings is 1. The average Bonchev–Trinajstić information content (AvgIpc) is 3.62. The van der Waals surface area contributed by atoms with Gasteiger partial charge in [-0.15, -0.1) is 11.3 Å². The zero-order valence-electron chi connectivity index (χ0n) is 22.6. The van der Waals surface area contributed by atoms with E-state index in [1.165, 1.54) is 11.8 Å². The number of nitrogens with two attached hydrogens (primary N) is 1. The van der Waals surface area contributed by atoms with E-state index in [2.05, 4.69) is 42.4 Å². The van der Waals surface area contributed by atoms with Gasteiger partial charge in [0, 0.05) is 40.4 Å². The number of carbonyl (C=O) groups is 1. The van der Waals surface area contributed by atoms with Crippen molar-refractivity contribution in [2.45, 2.75) is 38.3 Å². The summed E-state index contributed by atoms with van der Waals surface area (Å²) in [4.78, 5) is 16.7. The van der Waals surface area contributed by atoms with Crippen molar-refractivity contribution >= 4 is 22.8 Å². The summed E-state index contributed by atoms with van der Waals surface area (Å²) in [5.41, 5.74) is 9.90. The number of para-hydroxylation sites is 1. The lowest BCUT2D eigenvalue weighted by molar-refractivity contribution is 0.0994. The third kappa shape index (κ3) is 6.59. The van der Waals surface area contributed by atoms with Crippen LogP contribution in [-0.2, 0) is 6.42 Å². The number of allylic oxidation sites excluding steroid dienone is 1. The van der Waals surface area contributed by atoms with Gasteiger partial charge < -0.3 is 25.6 Å². The molecule has 2 aromatic heterocycles. The van der Waals surface area contributed by atoms with Gasteiger partial charge in [-0.25, -0.2) is 4.98 Å². The number of ether oxygens (including phenoxy) is 2. The van der Waals surface area contributed by atoms with E-state index >= 15 is 0 Å². The molecule has 5 rings (SSSR count). The molecule has 1 atom stereocenters. The van der Waals surface area contributed by atoms with Crippen LogP contribution in [0, 0.1) is 0 Å². The van der Waals surface area contributed by atoms with Crippen LogP contribution in [0.15, 0.2) is 84.4 Å². The normalized spacial score (nSPS) is 13.4. The van der Waals surface area contributed by atoms with Gasteiger partial charge in [0.1, 0.15) is 24.2 Å². The Morgan fingerprint density at radius 1 is 1.07 bits per heavy atom. The minimum Gasteiger partial charge on any atom is -0.490 e. The second-order valence-electron chi connectivity index (χ2n) is 10.4. The summed E-state index contributed by atoms with van der Waals surface area (Å²) in [5, 5.41) is 16.2. The SMILES string of the molecule is CC(C)(CC1=CCc2c(Oc3ccc(C(N)=O)cn3)cccc21)NC[C@H](O)COc1ccccc1-c1cccs1. The summed E-state index contributed by atoms with van der Waals surface area (Å²) in [6, 6.07) is 21.3. The first-order valence-electron chi connectivity index (χ1n) is 13.2. The number of nitrogens with zero attached hydrogens (tertiary/aromatic N) is 1. The van der Waals surface area contributed by atoms with E-state index in [0.29, 0.717) is 18.0 Å². The van der Waals surface area contributed by atoms with Crippen LogP contribution < -0.4 is 20.5 Å². The molecule has 4 aromatic rings. The molecule has 0 saturated carbocycles. The number of hydrogen-bond donors (Lipinski definition) is 3. The van der Waals surface area contributed by atoms with E-state index < -0.39 is 12.0 Å². The average molecular weight is 556 g/mol. The third-order valence-corrected chi connectivity index (χ3v) is 7.72. The van der Waals surface area contributed by atoms with Crippen LogP contribution in [0.4, 0.5) is 0 Å². The number of nitrogens with one attached hydrogen (secondary N) is 1. The fraction of sp³-hybridized carbons (Fsp3) is 0.250. The first kappa shape index (κ1) is 27.6. The Morgan fingerprint density at radius 3 is 2.62 bits per heavy atom. The Kier molecular flexibility index (Phi) is 8.30. The van der Waals surface area contributed by atoms with E-state index in [0.717, 1.165) is 45.9 Å². The standard InChI is InChI=1S/C32H33N3O4S/c1-32(2,35-19-23(36)20-38-27-9-4-3-7-26(27)29-11-6-16-40-29)17-21-12-14-25-24(21)8-5-10-28(25)39-30-15-13-22(18-34-30)31(33)37/h3-13,15-16,18,23,35-36H,14,17,19-20H2,1-2H3,(H2,33,37)/t23-/m0/s1. The smallest absolute Gasteiger partial charge is 0.250 e. The van der Waals surface area contributed by atoms with E-state index in [1.54, 1.807) is 23.5 Å². The Morgan fingerprint density at radius 2 is 1.88 bits per heavy atom. The zero-order valence-corrected chi connectivity index (χ0v) is 23.4. The minimum atomic E-state index is -0.658. The molecule has 0 fully saturated rings. The van der Waals surface area contributed by atoms with Crippen molar-refractivity contribution in [1.82, 2.24) is 10.3 Å². The summed E-state index contributed by atoms with van der Waals surface area (Å²) in [7, 11) is 0. The molecule has 7 nitrogen and oxygen atoms in total. The van der Waals surface area contributed by atoms with E-state index in [4.69, 9.17) is 15.2 Å². The largest absolute Gasteiger partial charge is 0.490 e. The molecule has 0 unspecified atom stereocenters. The fourth-order valence-electron chi connectivity index (χ4n) is 4.78. The number of β-amino-alcohol motifs (C(OH)–C–C–N with tert-alkyl or cyclic N) is 1. The summed E-state index contributed by atoms with van der Waals surface area (Å²) in [6.07, 6.45) is 4.53. The number of amides is 1. The van der Waals surface area contributed by atoms with Crippen LogP contribution in [0.1, 0.15) is 41.8 Å². The van der Waals surface area contributed by atoms with E-state index in [9.17, 15) is 9.90 Å². The van der Waals surface area contributed by atoms with Gasteiger partial charge in [0.15, 0.2) is 0 Å². The number of aliphatic hydroxyl groups is 1. The van der Waals surface area contributed by atoms with Crippen molar-refractivity contribution in [3.63, 3.8) is 0 Å². The maximum Gasteiger partial charge on any atom is 0.250 e. The molecular weight excluding hydrogens is 522 g/mol. The number of carbonyl (C=O) groups excluding carboxylic acids is 1. The van der Waals surface area contributed by atoms with Crippen LogP contribution in [0.25, 0.3) is 16.0 Å². The first-order valence-corrected chi connectivity index (χ1v) is 14.1. The Bertz CT molecular complexity index is 1500. The van der Waals surface area contributed by atoms with Gasteiger partial charge in [-0.2, -0.15) is 0 Å². The van der Waals surface area contributed by atoms with E-state index in [-0.39, 0.29) is 12.1 Å². The first-order chi connectivity index (χ1) is 19.3. The van der Waals surface area contributed by atoms with Gasteiger partial charge in [0.2, 0.25) is 11.8 Å². The van der Waals surface area contributed by atoms with Crippen LogP contribution in [0.3, 0.4) is 0 Å². The number of aromatic nitrogens is 1. The number of primary amides is 1. The maximum atomic E-state index is 11.3. The Balaban J connectivity index is 1.16. The molecule has 2 heterocycles. The lowest BCUT2D eigenvalue weighted by Crippen LogP contribution is -2.44. The zero-order chi connectivity index (χ0) is 28.1. The van der Waals surface area contributed by atoms with Gasteiger partial charge >= 0.3 is 0 Å². The molecule has 1 amide bonds. The van der Waals surface area contributed by atoms with Crippen molar-refractivity contribution < 1.29 is 19.4 Å².